The van der Waals surface area contributed by atoms with Gasteiger partial charge < -0.3 is 0 Å². The maximum Gasteiger partial charge on any atom is 0.457 e. The van der Waals surface area contributed by atoms with Gasteiger partial charge in [0.25, 0.3) is 0 Å². The van der Waals surface area contributed by atoms with Gasteiger partial charge in [0, 0.05) is 11.8 Å². The van der Waals surface area contributed by atoms with Gasteiger partial charge >= 0.3 is 12.4 Å². The molecule has 0 aromatic rings. The Morgan fingerprint density at radius 2 is 1.00 bits per heavy atom. The third-order valence-electron chi connectivity index (χ3n) is 1.03. The van der Waals surface area contributed by atoms with Gasteiger partial charge in [0.15, 0.2) is 0 Å². The summed E-state index contributed by atoms with van der Waals surface area (Å²) >= 11 is 0. The standard InChI is InChI=1S/C8H6F6Si/c1-15(2,5-3-7(9,10)11)6-4-8(12,13)14/h1-2H3. The van der Waals surface area contributed by atoms with E-state index in [0.717, 1.165) is 11.8 Å². The highest BCUT2D eigenvalue weighted by atomic mass is 28.3. The minimum Gasteiger partial charge on any atom is -0.159 e. The molecule has 15 heavy (non-hydrogen) atoms. The fraction of sp³-hybridized carbons (Fsp3) is 0.500. The summed E-state index contributed by atoms with van der Waals surface area (Å²) in [5.41, 5.74) is 3.52. The quantitative estimate of drug-likeness (QED) is 0.349. The van der Waals surface area contributed by atoms with Crippen LogP contribution in [0.4, 0.5) is 26.3 Å². The molecular weight excluding hydrogens is 238 g/mol. The van der Waals surface area contributed by atoms with Crippen LogP contribution in [0.15, 0.2) is 0 Å². The Bertz CT molecular complexity index is 306. The normalized spacial score (nSPS) is 12.3. The van der Waals surface area contributed by atoms with Crippen molar-refractivity contribution >= 4 is 8.07 Å². The number of halogens is 6. The van der Waals surface area contributed by atoms with Gasteiger partial charge in [0.2, 0.25) is 8.07 Å². The summed E-state index contributed by atoms with van der Waals surface area (Å²) in [6.45, 7) is 2.43. The zero-order valence-electron chi connectivity index (χ0n) is 7.77. The van der Waals surface area contributed by atoms with Crippen molar-refractivity contribution in [3.05, 3.63) is 0 Å². The van der Waals surface area contributed by atoms with Crippen molar-refractivity contribution in [2.75, 3.05) is 0 Å². The molecule has 0 fully saturated rings. The summed E-state index contributed by atoms with van der Waals surface area (Å²) < 4.78 is 69.8. The Kier molecular flexibility index (Phi) is 3.89. The molecule has 0 aromatic heterocycles. The van der Waals surface area contributed by atoms with E-state index in [2.05, 4.69) is 0 Å². The average Bonchev–Trinajstić information content (AvgIpc) is 1.96. The minimum atomic E-state index is -4.69. The fourth-order valence-electron chi connectivity index (χ4n) is 0.485. The number of hydrogen-bond donors (Lipinski definition) is 0. The Labute approximate surface area is 83.7 Å². The second kappa shape index (κ2) is 4.19. The Morgan fingerprint density at radius 3 is 1.20 bits per heavy atom. The molecule has 0 bridgehead atoms. The second-order valence-corrected chi connectivity index (χ2v) is 6.87. The van der Waals surface area contributed by atoms with Crippen molar-refractivity contribution in [3.8, 4) is 22.9 Å². The molecule has 0 aliphatic carbocycles. The topological polar surface area (TPSA) is 0 Å². The predicted octanol–water partition coefficient (Wildman–Crippen LogP) is 2.90. The molecule has 0 nitrogen and oxygen atoms in total. The zero-order valence-corrected chi connectivity index (χ0v) is 8.77. The first-order valence-corrected chi connectivity index (χ1v) is 6.63. The summed E-state index contributed by atoms with van der Waals surface area (Å²) in [6.07, 6.45) is -9.38. The minimum absolute atomic E-state index is 0.940. The lowest BCUT2D eigenvalue weighted by molar-refractivity contribution is -0.0704. The summed E-state index contributed by atoms with van der Waals surface area (Å²) in [5.74, 6) is 1.88. The number of hydrogen-bond acceptors (Lipinski definition) is 0. The van der Waals surface area contributed by atoms with Crippen molar-refractivity contribution in [2.24, 2.45) is 0 Å². The van der Waals surface area contributed by atoms with Crippen LogP contribution in [0.25, 0.3) is 0 Å². The molecule has 0 amide bonds. The van der Waals surface area contributed by atoms with Gasteiger partial charge in [0.05, 0.1) is 0 Å². The molecule has 0 N–H and O–H groups in total. The first-order valence-electron chi connectivity index (χ1n) is 3.63. The van der Waals surface area contributed by atoms with E-state index in [4.69, 9.17) is 0 Å². The molecule has 0 aliphatic rings. The summed E-state index contributed by atoms with van der Waals surface area (Å²) in [7, 11) is -3.09. The van der Waals surface area contributed by atoms with E-state index in [1.165, 1.54) is 13.1 Å². The van der Waals surface area contributed by atoms with Crippen LogP contribution >= 0.6 is 0 Å². The first kappa shape index (κ1) is 13.9. The van der Waals surface area contributed by atoms with Crippen LogP contribution in [0.1, 0.15) is 0 Å². The van der Waals surface area contributed by atoms with Gasteiger partial charge in [0.1, 0.15) is 0 Å². The molecule has 7 heteroatoms. The van der Waals surface area contributed by atoms with Crippen LogP contribution in [0, 0.1) is 22.9 Å². The van der Waals surface area contributed by atoms with E-state index in [9.17, 15) is 26.3 Å². The van der Waals surface area contributed by atoms with E-state index in [-0.39, 0.29) is 0 Å². The molecule has 0 unspecified atom stereocenters. The molecule has 0 saturated heterocycles. The van der Waals surface area contributed by atoms with Gasteiger partial charge in [-0.25, -0.2) is 0 Å². The molecule has 0 heterocycles. The molecule has 0 spiro atoms. The van der Waals surface area contributed by atoms with Crippen molar-refractivity contribution in [3.63, 3.8) is 0 Å². The maximum atomic E-state index is 11.6. The van der Waals surface area contributed by atoms with E-state index in [1.807, 2.05) is 0 Å². The lowest BCUT2D eigenvalue weighted by Gasteiger charge is -2.05. The van der Waals surface area contributed by atoms with Crippen molar-refractivity contribution in [2.45, 2.75) is 25.4 Å². The van der Waals surface area contributed by atoms with Crippen LogP contribution in [0.5, 0.6) is 0 Å². The SMILES string of the molecule is C[Si](C)(C#CC(F)(F)F)C#CC(F)(F)F. The average molecular weight is 244 g/mol. The number of rotatable bonds is 0. The Morgan fingerprint density at radius 1 is 0.733 bits per heavy atom. The molecule has 0 aliphatic heterocycles. The highest BCUT2D eigenvalue weighted by Crippen LogP contribution is 2.14. The third kappa shape index (κ3) is 9.23. The van der Waals surface area contributed by atoms with E-state index in [1.54, 1.807) is 11.1 Å². The smallest absolute Gasteiger partial charge is 0.159 e. The lowest BCUT2D eigenvalue weighted by atomic mass is 10.7. The van der Waals surface area contributed by atoms with E-state index >= 15 is 0 Å². The lowest BCUT2D eigenvalue weighted by Crippen LogP contribution is -2.23. The van der Waals surface area contributed by atoms with Gasteiger partial charge in [-0.2, -0.15) is 26.3 Å². The molecule has 0 atom stereocenters. The Hall–Kier alpha value is -1.08. The molecule has 0 aromatic carbocycles. The zero-order chi connectivity index (χ0) is 12.3. The first-order chi connectivity index (χ1) is 6.41. The monoisotopic (exact) mass is 244 g/mol. The molecule has 0 radical (unpaired) electrons. The van der Waals surface area contributed by atoms with Crippen LogP contribution in [0.3, 0.4) is 0 Å². The predicted molar refractivity (Wildman–Crippen MR) is 45.1 cm³/mol. The highest BCUT2D eigenvalue weighted by Gasteiger charge is 2.27. The van der Waals surface area contributed by atoms with Crippen LogP contribution in [-0.4, -0.2) is 20.4 Å². The largest absolute Gasteiger partial charge is 0.457 e. The van der Waals surface area contributed by atoms with Gasteiger partial charge in [-0.1, -0.05) is 0 Å². The molecule has 84 valence electrons. The summed E-state index contributed by atoms with van der Waals surface area (Å²) in [6, 6.07) is 0. The highest BCUT2D eigenvalue weighted by molar-refractivity contribution is 6.92. The van der Waals surface area contributed by atoms with Gasteiger partial charge in [-0.15, -0.1) is 11.1 Å². The van der Waals surface area contributed by atoms with Crippen molar-refractivity contribution < 1.29 is 26.3 Å². The van der Waals surface area contributed by atoms with Crippen LogP contribution < -0.4 is 0 Å². The van der Waals surface area contributed by atoms with Crippen LogP contribution in [-0.2, 0) is 0 Å². The maximum absolute atomic E-state index is 11.6. The number of alkyl halides is 6. The van der Waals surface area contributed by atoms with E-state index < -0.39 is 20.4 Å². The van der Waals surface area contributed by atoms with Crippen molar-refractivity contribution in [1.82, 2.24) is 0 Å². The van der Waals surface area contributed by atoms with E-state index in [0.29, 0.717) is 0 Å². The molecule has 0 rings (SSSR count). The summed E-state index contributed by atoms with van der Waals surface area (Å²) in [5, 5.41) is 0. The second-order valence-electron chi connectivity index (χ2n) is 3.12. The van der Waals surface area contributed by atoms with Gasteiger partial charge in [-0.05, 0) is 13.1 Å². The third-order valence-corrected chi connectivity index (χ3v) is 2.53. The van der Waals surface area contributed by atoms with Crippen molar-refractivity contribution in [1.29, 1.82) is 0 Å². The summed E-state index contributed by atoms with van der Waals surface area (Å²) in [4.78, 5) is 0. The van der Waals surface area contributed by atoms with Gasteiger partial charge in [-0.3, -0.25) is 0 Å². The van der Waals surface area contributed by atoms with Crippen LogP contribution in [0.2, 0.25) is 13.1 Å². The molecular formula is C8H6F6Si. The molecule has 0 saturated carbocycles. The Balaban J connectivity index is 4.82. The fourth-order valence-corrected chi connectivity index (χ4v) is 1.46.